The third kappa shape index (κ3) is 4.22. The lowest BCUT2D eigenvalue weighted by Crippen LogP contribution is -2.51. The maximum atomic E-state index is 13.7. The predicted octanol–water partition coefficient (Wildman–Crippen LogP) is 3.76. The van der Waals surface area contributed by atoms with Gasteiger partial charge in [-0.3, -0.25) is 9.69 Å². The van der Waals surface area contributed by atoms with E-state index >= 15 is 0 Å². The van der Waals surface area contributed by atoms with Crippen molar-refractivity contribution in [3.63, 3.8) is 0 Å². The molecule has 0 spiro atoms. The van der Waals surface area contributed by atoms with E-state index in [1.807, 2.05) is 18.2 Å². The maximum absolute atomic E-state index is 13.7. The van der Waals surface area contributed by atoms with E-state index in [1.165, 1.54) is 12.1 Å². The normalized spacial score (nSPS) is 25.9. The number of benzene rings is 2. The molecule has 6 nitrogen and oxygen atoms in total. The third-order valence-electron chi connectivity index (χ3n) is 7.66. The van der Waals surface area contributed by atoms with Gasteiger partial charge >= 0.3 is 6.09 Å². The molecule has 0 saturated carbocycles. The van der Waals surface area contributed by atoms with Gasteiger partial charge in [-0.15, -0.1) is 0 Å². The van der Waals surface area contributed by atoms with Crippen molar-refractivity contribution in [2.45, 2.75) is 31.7 Å². The van der Waals surface area contributed by atoms with Gasteiger partial charge in [-0.25, -0.2) is 9.18 Å². The predicted molar refractivity (Wildman–Crippen MR) is 123 cm³/mol. The smallest absolute Gasteiger partial charge is 0.410 e. The van der Waals surface area contributed by atoms with Crippen LogP contribution in [0.2, 0.25) is 0 Å². The van der Waals surface area contributed by atoms with Crippen LogP contribution >= 0.6 is 0 Å². The molecule has 4 aliphatic heterocycles. The van der Waals surface area contributed by atoms with Crippen molar-refractivity contribution >= 4 is 12.0 Å². The lowest BCUT2D eigenvalue weighted by Gasteiger charge is -2.48. The topological polar surface area (TPSA) is 61.9 Å². The van der Waals surface area contributed by atoms with Crippen LogP contribution in [0.15, 0.2) is 42.5 Å². The first-order valence-electron chi connectivity index (χ1n) is 11.7. The Labute approximate surface area is 193 Å². The van der Waals surface area contributed by atoms with Crippen molar-refractivity contribution in [3.8, 4) is 0 Å². The van der Waals surface area contributed by atoms with Crippen LogP contribution in [-0.2, 0) is 11.2 Å². The molecule has 3 saturated heterocycles. The Hall–Kier alpha value is -2.93. The van der Waals surface area contributed by atoms with Gasteiger partial charge in [-0.1, -0.05) is 18.2 Å². The van der Waals surface area contributed by atoms with Crippen molar-refractivity contribution in [1.29, 1.82) is 0 Å². The molecule has 4 heterocycles. The number of piperidine rings is 3. The van der Waals surface area contributed by atoms with Gasteiger partial charge in [0, 0.05) is 24.6 Å². The van der Waals surface area contributed by atoms with Gasteiger partial charge < -0.3 is 15.0 Å². The summed E-state index contributed by atoms with van der Waals surface area (Å²) in [7, 11) is 1.60. The molecule has 174 valence electrons. The first-order valence-corrected chi connectivity index (χ1v) is 11.7. The van der Waals surface area contributed by atoms with Crippen LogP contribution in [0.3, 0.4) is 0 Å². The summed E-state index contributed by atoms with van der Waals surface area (Å²) in [6.45, 7) is 4.19. The SMILES string of the molecule is CNC(=O)c1ccc2c(c1)[C@@H](c1ccc(F)cc1)N(C(=O)OCC13CCN(CC1)CC3)CC2. The largest absolute Gasteiger partial charge is 0.449 e. The Morgan fingerprint density at radius 2 is 1.76 bits per heavy atom. The molecule has 1 atom stereocenters. The monoisotopic (exact) mass is 451 g/mol. The highest BCUT2D eigenvalue weighted by molar-refractivity contribution is 5.94. The molecule has 0 aliphatic carbocycles. The molecule has 0 unspecified atom stereocenters. The first kappa shape index (κ1) is 21.9. The highest BCUT2D eigenvalue weighted by atomic mass is 19.1. The average Bonchev–Trinajstić information content (AvgIpc) is 2.87. The number of halogens is 1. The van der Waals surface area contributed by atoms with Crippen molar-refractivity contribution in [3.05, 3.63) is 70.5 Å². The molecule has 2 aromatic rings. The van der Waals surface area contributed by atoms with E-state index < -0.39 is 6.04 Å². The lowest BCUT2D eigenvalue weighted by molar-refractivity contribution is -0.0300. The maximum Gasteiger partial charge on any atom is 0.410 e. The summed E-state index contributed by atoms with van der Waals surface area (Å²) >= 11 is 0. The number of amides is 2. The lowest BCUT2D eigenvalue weighted by atomic mass is 9.73. The van der Waals surface area contributed by atoms with Gasteiger partial charge in [0.1, 0.15) is 5.82 Å². The van der Waals surface area contributed by atoms with Gasteiger partial charge in [-0.2, -0.15) is 0 Å². The quantitative estimate of drug-likeness (QED) is 0.769. The van der Waals surface area contributed by atoms with Gasteiger partial charge in [-0.05, 0) is 86.3 Å². The van der Waals surface area contributed by atoms with Gasteiger partial charge in [0.2, 0.25) is 0 Å². The first-order chi connectivity index (χ1) is 16.0. The van der Waals surface area contributed by atoms with E-state index in [1.54, 1.807) is 24.1 Å². The number of hydrogen-bond donors (Lipinski definition) is 1. The highest BCUT2D eigenvalue weighted by Crippen LogP contribution is 2.41. The molecule has 6 rings (SSSR count). The number of ether oxygens (including phenoxy) is 1. The van der Waals surface area contributed by atoms with Crippen LogP contribution in [0.5, 0.6) is 0 Å². The molecule has 7 heteroatoms. The molecule has 0 aromatic heterocycles. The zero-order chi connectivity index (χ0) is 23.0. The average molecular weight is 452 g/mol. The number of carbonyl (C=O) groups is 2. The summed E-state index contributed by atoms with van der Waals surface area (Å²) in [6.07, 6.45) is 3.54. The van der Waals surface area contributed by atoms with Crippen LogP contribution in [0.1, 0.15) is 52.4 Å². The second-order valence-corrected chi connectivity index (χ2v) is 9.54. The molecule has 0 radical (unpaired) electrons. The van der Waals surface area contributed by atoms with E-state index in [4.69, 9.17) is 4.74 Å². The number of nitrogens with zero attached hydrogens (tertiary/aromatic N) is 2. The van der Waals surface area contributed by atoms with E-state index in [0.29, 0.717) is 25.1 Å². The second kappa shape index (κ2) is 8.78. The van der Waals surface area contributed by atoms with Gasteiger partial charge in [0.15, 0.2) is 0 Å². The number of rotatable bonds is 4. The Kier molecular flexibility index (Phi) is 5.83. The molecular weight excluding hydrogens is 421 g/mol. The minimum atomic E-state index is -0.433. The third-order valence-corrected chi connectivity index (χ3v) is 7.66. The van der Waals surface area contributed by atoms with Crippen molar-refractivity contribution in [2.24, 2.45) is 5.41 Å². The number of nitrogens with one attached hydrogen (secondary N) is 1. The summed E-state index contributed by atoms with van der Waals surface area (Å²) in [5.41, 5.74) is 3.39. The molecule has 2 amide bonds. The van der Waals surface area contributed by atoms with Crippen LogP contribution in [0.4, 0.5) is 9.18 Å². The van der Waals surface area contributed by atoms with Gasteiger partial charge in [0.25, 0.3) is 5.91 Å². The zero-order valence-corrected chi connectivity index (χ0v) is 19.0. The minimum Gasteiger partial charge on any atom is -0.449 e. The standard InChI is InChI=1S/C26H30FN3O3/c1-28-24(31)20-3-2-18-8-12-30(23(22(18)16-20)19-4-6-21(27)7-5-19)25(32)33-17-26-9-13-29(14-10-26)15-11-26/h2-7,16,23H,8-15,17H2,1H3,(H,28,31)/t23-/m1/s1. The van der Waals surface area contributed by atoms with Crippen molar-refractivity contribution in [2.75, 3.05) is 39.8 Å². The van der Waals surface area contributed by atoms with E-state index in [-0.39, 0.29) is 23.2 Å². The summed E-state index contributed by atoms with van der Waals surface area (Å²) in [6, 6.07) is 11.4. The fraction of sp³-hybridized carbons (Fsp3) is 0.462. The Balaban J connectivity index is 1.44. The van der Waals surface area contributed by atoms with Gasteiger partial charge in [0.05, 0.1) is 12.6 Å². The van der Waals surface area contributed by atoms with Crippen LogP contribution < -0.4 is 5.32 Å². The van der Waals surface area contributed by atoms with Crippen molar-refractivity contribution < 1.29 is 18.7 Å². The summed E-state index contributed by atoms with van der Waals surface area (Å²) in [4.78, 5) is 29.9. The number of hydrogen-bond acceptors (Lipinski definition) is 4. The zero-order valence-electron chi connectivity index (χ0n) is 19.0. The van der Waals surface area contributed by atoms with E-state index in [2.05, 4.69) is 10.2 Å². The van der Waals surface area contributed by atoms with E-state index in [0.717, 1.165) is 55.6 Å². The summed E-state index contributed by atoms with van der Waals surface area (Å²) in [5.74, 6) is -0.510. The number of carbonyl (C=O) groups excluding carboxylic acids is 2. The second-order valence-electron chi connectivity index (χ2n) is 9.54. The number of fused-ring (bicyclic) bond motifs is 4. The fourth-order valence-corrected chi connectivity index (χ4v) is 5.51. The molecule has 3 fully saturated rings. The molecule has 2 aromatic carbocycles. The Morgan fingerprint density at radius 1 is 1.06 bits per heavy atom. The summed E-state index contributed by atoms with van der Waals surface area (Å²) < 4.78 is 19.6. The minimum absolute atomic E-state index is 0.0931. The Bertz CT molecular complexity index is 1030. The van der Waals surface area contributed by atoms with Crippen molar-refractivity contribution in [1.82, 2.24) is 15.1 Å². The Morgan fingerprint density at radius 3 is 2.42 bits per heavy atom. The molecular formula is C26H30FN3O3. The summed E-state index contributed by atoms with van der Waals surface area (Å²) in [5, 5.41) is 2.66. The molecule has 33 heavy (non-hydrogen) atoms. The molecule has 2 bridgehead atoms. The molecule has 1 N–H and O–H groups in total. The van der Waals surface area contributed by atoms with Crippen LogP contribution in [-0.4, -0.2) is 61.6 Å². The molecule has 4 aliphatic rings. The van der Waals surface area contributed by atoms with Crippen LogP contribution in [0.25, 0.3) is 0 Å². The fourth-order valence-electron chi connectivity index (χ4n) is 5.51. The van der Waals surface area contributed by atoms with Crippen LogP contribution in [0, 0.1) is 11.2 Å². The van der Waals surface area contributed by atoms with E-state index in [9.17, 15) is 14.0 Å². The highest BCUT2D eigenvalue weighted by Gasteiger charge is 2.41.